The summed E-state index contributed by atoms with van der Waals surface area (Å²) in [4.78, 5) is 18.7. The van der Waals surface area contributed by atoms with Gasteiger partial charge in [-0.2, -0.15) is 5.10 Å². The van der Waals surface area contributed by atoms with Crippen LogP contribution in [-0.4, -0.2) is 56.4 Å². The van der Waals surface area contributed by atoms with Crippen molar-refractivity contribution < 1.29 is 9.90 Å². The molecular formula is C17H22BrN5O2. The molecule has 1 aliphatic heterocycles. The lowest BCUT2D eigenvalue weighted by Gasteiger charge is -2.32. The summed E-state index contributed by atoms with van der Waals surface area (Å²) in [5.41, 5.74) is 0. The van der Waals surface area contributed by atoms with E-state index in [1.165, 1.54) is 0 Å². The molecular weight excluding hydrogens is 386 g/mol. The number of anilines is 1. The molecule has 1 atom stereocenters. The molecule has 1 saturated heterocycles. The monoisotopic (exact) mass is 407 g/mol. The highest BCUT2D eigenvalue weighted by Gasteiger charge is 2.26. The number of rotatable bonds is 6. The molecule has 3 heterocycles. The van der Waals surface area contributed by atoms with E-state index in [0.717, 1.165) is 30.4 Å². The van der Waals surface area contributed by atoms with E-state index in [9.17, 15) is 9.90 Å². The molecule has 0 saturated carbocycles. The van der Waals surface area contributed by atoms with Gasteiger partial charge in [-0.3, -0.25) is 9.48 Å². The van der Waals surface area contributed by atoms with Crippen LogP contribution in [0.1, 0.15) is 12.8 Å². The van der Waals surface area contributed by atoms with E-state index in [-0.39, 0.29) is 11.8 Å². The Morgan fingerprint density at radius 2 is 2.16 bits per heavy atom. The summed E-state index contributed by atoms with van der Waals surface area (Å²) in [5, 5.41) is 17.2. The van der Waals surface area contributed by atoms with Gasteiger partial charge >= 0.3 is 0 Å². The highest BCUT2D eigenvalue weighted by atomic mass is 79.9. The van der Waals surface area contributed by atoms with Gasteiger partial charge in [0.1, 0.15) is 5.82 Å². The van der Waals surface area contributed by atoms with E-state index >= 15 is 0 Å². The number of hydrogen-bond acceptors (Lipinski definition) is 5. The van der Waals surface area contributed by atoms with Crippen molar-refractivity contribution in [2.45, 2.75) is 25.5 Å². The summed E-state index contributed by atoms with van der Waals surface area (Å²) in [5.74, 6) is 0.585. The Hall–Kier alpha value is -1.77. The molecule has 1 aliphatic rings. The van der Waals surface area contributed by atoms with Crippen molar-refractivity contribution in [3.63, 3.8) is 0 Å². The number of aliphatic hydroxyl groups excluding tert-OH is 1. The standard InChI is InChI=1S/C17H22BrN5O2/c18-14-2-3-16(19-10-14)21-17(25)13-4-8-22(9-5-13)11-15(24)12-23-7-1-6-20-23/h1-3,6-7,10,13,15,24H,4-5,8-9,11-12H2,(H,19,21,25). The Morgan fingerprint density at radius 3 is 2.80 bits per heavy atom. The maximum Gasteiger partial charge on any atom is 0.228 e. The second-order valence-electron chi connectivity index (χ2n) is 6.31. The fraction of sp³-hybridized carbons (Fsp3) is 0.471. The van der Waals surface area contributed by atoms with Crippen molar-refractivity contribution in [1.29, 1.82) is 0 Å². The molecule has 0 aliphatic carbocycles. The molecule has 0 aromatic carbocycles. The number of piperidine rings is 1. The van der Waals surface area contributed by atoms with Gasteiger partial charge < -0.3 is 15.3 Å². The van der Waals surface area contributed by atoms with Gasteiger partial charge in [-0.15, -0.1) is 0 Å². The summed E-state index contributed by atoms with van der Waals surface area (Å²) in [6.45, 7) is 2.70. The zero-order valence-corrected chi connectivity index (χ0v) is 15.5. The second kappa shape index (κ2) is 8.55. The summed E-state index contributed by atoms with van der Waals surface area (Å²) in [6, 6.07) is 5.48. The fourth-order valence-corrected chi connectivity index (χ4v) is 3.27. The first-order valence-electron chi connectivity index (χ1n) is 8.40. The van der Waals surface area contributed by atoms with Crippen LogP contribution in [0.2, 0.25) is 0 Å². The van der Waals surface area contributed by atoms with Crippen LogP contribution in [-0.2, 0) is 11.3 Å². The number of nitrogens with one attached hydrogen (secondary N) is 1. The predicted octanol–water partition coefficient (Wildman–Crippen LogP) is 1.75. The zero-order valence-electron chi connectivity index (χ0n) is 13.9. The molecule has 2 aromatic rings. The first-order valence-corrected chi connectivity index (χ1v) is 9.20. The van der Waals surface area contributed by atoms with Gasteiger partial charge in [0, 0.05) is 35.5 Å². The lowest BCUT2D eigenvalue weighted by atomic mass is 9.95. The number of carbonyl (C=O) groups is 1. The number of pyridine rings is 1. The van der Waals surface area contributed by atoms with Crippen molar-refractivity contribution >= 4 is 27.7 Å². The highest BCUT2D eigenvalue weighted by Crippen LogP contribution is 2.20. The van der Waals surface area contributed by atoms with Crippen molar-refractivity contribution in [1.82, 2.24) is 19.7 Å². The number of hydrogen-bond donors (Lipinski definition) is 2. The van der Waals surface area contributed by atoms with Gasteiger partial charge in [0.25, 0.3) is 0 Å². The zero-order chi connectivity index (χ0) is 17.6. The van der Waals surface area contributed by atoms with Crippen LogP contribution in [0.25, 0.3) is 0 Å². The maximum atomic E-state index is 12.4. The predicted molar refractivity (Wildman–Crippen MR) is 98.0 cm³/mol. The van der Waals surface area contributed by atoms with Crippen molar-refractivity contribution in [2.75, 3.05) is 25.0 Å². The Kier molecular flexibility index (Phi) is 6.17. The minimum Gasteiger partial charge on any atom is -0.390 e. The second-order valence-corrected chi connectivity index (χ2v) is 7.22. The van der Waals surface area contributed by atoms with E-state index in [2.05, 4.69) is 36.2 Å². The van der Waals surface area contributed by atoms with Gasteiger partial charge in [0.05, 0.1) is 12.6 Å². The number of likely N-dealkylation sites (tertiary alicyclic amines) is 1. The SMILES string of the molecule is O=C(Nc1ccc(Br)cn1)C1CCN(CC(O)Cn2cccn2)CC1. The molecule has 1 fully saturated rings. The van der Waals surface area contributed by atoms with Crippen molar-refractivity contribution in [3.05, 3.63) is 41.3 Å². The van der Waals surface area contributed by atoms with E-state index in [0.29, 0.717) is 18.9 Å². The normalized spacial score (nSPS) is 17.4. The van der Waals surface area contributed by atoms with Crippen LogP contribution in [0.5, 0.6) is 0 Å². The van der Waals surface area contributed by atoms with E-state index in [4.69, 9.17) is 0 Å². The molecule has 25 heavy (non-hydrogen) atoms. The number of nitrogens with zero attached hydrogens (tertiary/aromatic N) is 4. The maximum absolute atomic E-state index is 12.4. The average molecular weight is 408 g/mol. The van der Waals surface area contributed by atoms with Crippen molar-refractivity contribution in [2.24, 2.45) is 5.92 Å². The number of β-amino-alcohol motifs (C(OH)–C–C–N with tert-alkyl or cyclic N) is 1. The third-order valence-corrected chi connectivity index (χ3v) is 4.83. The van der Waals surface area contributed by atoms with Crippen LogP contribution in [0, 0.1) is 5.92 Å². The summed E-state index contributed by atoms with van der Waals surface area (Å²) < 4.78 is 2.61. The Morgan fingerprint density at radius 1 is 1.36 bits per heavy atom. The smallest absolute Gasteiger partial charge is 0.228 e. The first kappa shape index (κ1) is 18.0. The van der Waals surface area contributed by atoms with E-state index in [1.54, 1.807) is 23.1 Å². The molecule has 0 spiro atoms. The van der Waals surface area contributed by atoms with Gasteiger partial charge in [-0.1, -0.05) is 0 Å². The number of aromatic nitrogens is 3. The van der Waals surface area contributed by atoms with Gasteiger partial charge in [0.15, 0.2) is 0 Å². The third kappa shape index (κ3) is 5.35. The topological polar surface area (TPSA) is 83.3 Å². The molecule has 0 bridgehead atoms. The van der Waals surface area contributed by atoms with Crippen LogP contribution in [0.15, 0.2) is 41.3 Å². The molecule has 7 nitrogen and oxygen atoms in total. The Labute approximate surface area is 155 Å². The average Bonchev–Trinajstić information content (AvgIpc) is 3.10. The fourth-order valence-electron chi connectivity index (χ4n) is 3.04. The molecule has 134 valence electrons. The van der Waals surface area contributed by atoms with E-state index < -0.39 is 6.10 Å². The first-order chi connectivity index (χ1) is 12.1. The van der Waals surface area contributed by atoms with E-state index in [1.807, 2.05) is 18.3 Å². The lowest BCUT2D eigenvalue weighted by molar-refractivity contribution is -0.121. The van der Waals surface area contributed by atoms with Gasteiger partial charge in [0.2, 0.25) is 5.91 Å². The minimum atomic E-state index is -0.461. The largest absolute Gasteiger partial charge is 0.390 e. The molecule has 8 heteroatoms. The lowest BCUT2D eigenvalue weighted by Crippen LogP contribution is -2.42. The number of amides is 1. The number of aliphatic hydroxyl groups is 1. The molecule has 3 rings (SSSR count). The van der Waals surface area contributed by atoms with Crippen LogP contribution >= 0.6 is 15.9 Å². The molecule has 2 N–H and O–H groups in total. The molecule has 1 amide bonds. The van der Waals surface area contributed by atoms with Crippen LogP contribution in [0.3, 0.4) is 0 Å². The van der Waals surface area contributed by atoms with Crippen molar-refractivity contribution in [3.8, 4) is 0 Å². The minimum absolute atomic E-state index is 0.00930. The summed E-state index contributed by atoms with van der Waals surface area (Å²) >= 11 is 3.33. The Balaban J connectivity index is 1.41. The quantitative estimate of drug-likeness (QED) is 0.761. The Bertz CT molecular complexity index is 669. The number of carbonyl (C=O) groups excluding carboxylic acids is 1. The number of halogens is 1. The summed E-state index contributed by atoms with van der Waals surface area (Å²) in [7, 11) is 0. The van der Waals surface area contributed by atoms with Crippen LogP contribution < -0.4 is 5.32 Å². The molecule has 0 radical (unpaired) electrons. The van der Waals surface area contributed by atoms with Crippen LogP contribution in [0.4, 0.5) is 5.82 Å². The van der Waals surface area contributed by atoms with Gasteiger partial charge in [-0.25, -0.2) is 4.98 Å². The third-order valence-electron chi connectivity index (χ3n) is 4.36. The molecule has 1 unspecified atom stereocenters. The highest BCUT2D eigenvalue weighted by molar-refractivity contribution is 9.10. The summed E-state index contributed by atoms with van der Waals surface area (Å²) in [6.07, 6.45) is 6.33. The molecule has 2 aromatic heterocycles. The van der Waals surface area contributed by atoms with Gasteiger partial charge in [-0.05, 0) is 60.1 Å².